The van der Waals surface area contributed by atoms with Gasteiger partial charge in [-0.2, -0.15) is 0 Å². The predicted octanol–water partition coefficient (Wildman–Crippen LogP) is 3.54. The molecule has 0 bridgehead atoms. The Bertz CT molecular complexity index is 1560. The van der Waals surface area contributed by atoms with Crippen molar-refractivity contribution in [2.24, 2.45) is 5.92 Å². The summed E-state index contributed by atoms with van der Waals surface area (Å²) in [6.45, 7) is -0.489. The lowest BCUT2D eigenvalue weighted by atomic mass is 9.82. The van der Waals surface area contributed by atoms with Gasteiger partial charge in [-0.15, -0.1) is 0 Å². The number of para-hydroxylation sites is 1. The molecule has 1 saturated carbocycles. The van der Waals surface area contributed by atoms with E-state index in [9.17, 15) is 29.3 Å². The van der Waals surface area contributed by atoms with E-state index in [2.05, 4.69) is 9.47 Å². The summed E-state index contributed by atoms with van der Waals surface area (Å²) in [4.78, 5) is 59.4. The number of aliphatic carboxylic acids is 1. The van der Waals surface area contributed by atoms with Gasteiger partial charge in [0.1, 0.15) is 18.1 Å². The molecule has 0 amide bonds. The first-order chi connectivity index (χ1) is 19.6. The van der Waals surface area contributed by atoms with E-state index in [1.165, 1.54) is 25.3 Å². The van der Waals surface area contributed by atoms with Crippen molar-refractivity contribution < 1.29 is 47.8 Å². The molecule has 0 aliphatic heterocycles. The minimum atomic E-state index is -1.24. The number of ketones is 1. The van der Waals surface area contributed by atoms with Crippen LogP contribution in [0.3, 0.4) is 0 Å². The van der Waals surface area contributed by atoms with Crippen LogP contribution in [0.15, 0.2) is 45.6 Å². The van der Waals surface area contributed by atoms with Gasteiger partial charge in [0, 0.05) is 31.2 Å². The monoisotopic (exact) mass is 589 g/mol. The van der Waals surface area contributed by atoms with Gasteiger partial charge in [0.25, 0.3) is 5.69 Å². The van der Waals surface area contributed by atoms with E-state index in [0.29, 0.717) is 12.8 Å². The third-order valence-electron chi connectivity index (χ3n) is 6.37. The SMILES string of the molecule is COCOC(=O)C(=O)Cc1cc(OCCOC2CC(C(=O)O)C2)c(-c2cc(=O)c3cccc(Cl)c3o2)cc1[N+](=O)[O-]. The van der Waals surface area contributed by atoms with Gasteiger partial charge < -0.3 is 28.5 Å². The van der Waals surface area contributed by atoms with Crippen LogP contribution < -0.4 is 10.2 Å². The van der Waals surface area contributed by atoms with E-state index >= 15 is 0 Å². The smallest absolute Gasteiger partial charge is 0.377 e. The number of carboxylic acid groups (broad SMARTS) is 1. The zero-order valence-corrected chi connectivity index (χ0v) is 22.4. The lowest BCUT2D eigenvalue weighted by Crippen LogP contribution is -2.37. The van der Waals surface area contributed by atoms with Gasteiger partial charge in [0.15, 0.2) is 17.8 Å². The molecule has 14 heteroatoms. The predicted molar refractivity (Wildman–Crippen MR) is 142 cm³/mol. The summed E-state index contributed by atoms with van der Waals surface area (Å²) in [6.07, 6.45) is -0.194. The third-order valence-corrected chi connectivity index (χ3v) is 6.67. The Morgan fingerprint density at radius 3 is 2.61 bits per heavy atom. The molecule has 0 radical (unpaired) electrons. The molecule has 2 aromatic carbocycles. The molecular formula is C27H24ClNO12. The number of hydrogen-bond donors (Lipinski definition) is 1. The Morgan fingerprint density at radius 2 is 1.93 bits per heavy atom. The first kappa shape index (κ1) is 29.6. The zero-order valence-electron chi connectivity index (χ0n) is 21.6. The summed E-state index contributed by atoms with van der Waals surface area (Å²) in [6, 6.07) is 8.01. The van der Waals surface area contributed by atoms with Crippen LogP contribution in [0, 0.1) is 16.0 Å². The van der Waals surface area contributed by atoms with Crippen LogP contribution >= 0.6 is 11.6 Å². The summed E-state index contributed by atoms with van der Waals surface area (Å²) in [5.74, 6) is -3.73. The Labute approximate surface area is 236 Å². The highest BCUT2D eigenvalue weighted by atomic mass is 35.5. The van der Waals surface area contributed by atoms with E-state index in [-0.39, 0.29) is 57.9 Å². The van der Waals surface area contributed by atoms with E-state index in [4.69, 9.17) is 30.6 Å². The maximum absolute atomic E-state index is 12.8. The molecule has 1 heterocycles. The zero-order chi connectivity index (χ0) is 29.7. The molecule has 13 nitrogen and oxygen atoms in total. The van der Waals surface area contributed by atoms with Crippen molar-refractivity contribution in [3.8, 4) is 17.1 Å². The normalized spacial score (nSPS) is 16.1. The molecule has 0 unspecified atom stereocenters. The van der Waals surface area contributed by atoms with Crippen molar-refractivity contribution in [2.45, 2.75) is 25.4 Å². The Balaban J connectivity index is 1.68. The number of esters is 1. The summed E-state index contributed by atoms with van der Waals surface area (Å²) in [7, 11) is 1.25. The molecule has 1 N–H and O–H groups in total. The van der Waals surface area contributed by atoms with Crippen LogP contribution in [0.5, 0.6) is 5.75 Å². The molecule has 0 atom stereocenters. The second kappa shape index (κ2) is 12.9. The number of carbonyl (C=O) groups is 3. The van der Waals surface area contributed by atoms with Gasteiger partial charge in [-0.3, -0.25) is 24.5 Å². The molecule has 1 aromatic heterocycles. The largest absolute Gasteiger partial charge is 0.490 e. The number of fused-ring (bicyclic) bond motifs is 1. The second-order valence-corrected chi connectivity index (χ2v) is 9.52. The fourth-order valence-corrected chi connectivity index (χ4v) is 4.43. The van der Waals surface area contributed by atoms with E-state index < -0.39 is 52.9 Å². The molecular weight excluding hydrogens is 566 g/mol. The first-order valence-corrected chi connectivity index (χ1v) is 12.7. The lowest BCUT2D eigenvalue weighted by molar-refractivity contribution is -0.385. The van der Waals surface area contributed by atoms with Crippen molar-refractivity contribution in [1.29, 1.82) is 0 Å². The van der Waals surface area contributed by atoms with Crippen molar-refractivity contribution in [3.05, 3.63) is 67.3 Å². The third kappa shape index (κ3) is 6.88. The van der Waals surface area contributed by atoms with Gasteiger partial charge in [0.2, 0.25) is 5.78 Å². The molecule has 216 valence electrons. The Kier molecular flexibility index (Phi) is 9.32. The van der Waals surface area contributed by atoms with Crippen LogP contribution in [-0.4, -0.2) is 61.0 Å². The summed E-state index contributed by atoms with van der Waals surface area (Å²) in [5, 5.41) is 21.3. The maximum Gasteiger partial charge on any atom is 0.377 e. The molecule has 4 rings (SSSR count). The highest BCUT2D eigenvalue weighted by Crippen LogP contribution is 2.38. The quantitative estimate of drug-likeness (QED) is 0.0765. The number of rotatable bonds is 13. The van der Waals surface area contributed by atoms with Gasteiger partial charge in [-0.05, 0) is 31.0 Å². The van der Waals surface area contributed by atoms with E-state index in [1.54, 1.807) is 6.07 Å². The van der Waals surface area contributed by atoms with Crippen LogP contribution in [0.2, 0.25) is 5.02 Å². The first-order valence-electron chi connectivity index (χ1n) is 12.3. The molecule has 1 fully saturated rings. The number of ether oxygens (including phenoxy) is 4. The number of halogens is 1. The highest BCUT2D eigenvalue weighted by molar-refractivity contribution is 6.35. The highest BCUT2D eigenvalue weighted by Gasteiger charge is 2.35. The van der Waals surface area contributed by atoms with E-state index in [0.717, 1.165) is 12.1 Å². The number of Topliss-reactive ketones (excluding diaryl/α,β-unsaturated/α-hetero) is 1. The molecule has 41 heavy (non-hydrogen) atoms. The van der Waals surface area contributed by atoms with Crippen LogP contribution in [-0.2, 0) is 35.0 Å². The molecule has 3 aromatic rings. The van der Waals surface area contributed by atoms with E-state index in [1.807, 2.05) is 0 Å². The average molecular weight is 590 g/mol. The van der Waals surface area contributed by atoms with Gasteiger partial charge in [0.05, 0.1) is 39.5 Å². The van der Waals surface area contributed by atoms with Crippen molar-refractivity contribution in [1.82, 2.24) is 0 Å². The number of benzene rings is 2. The Morgan fingerprint density at radius 1 is 1.17 bits per heavy atom. The number of carbonyl (C=O) groups excluding carboxylic acids is 2. The molecule has 1 aliphatic rings. The average Bonchev–Trinajstić information content (AvgIpc) is 2.90. The number of nitro benzene ring substituents is 1. The number of nitro groups is 1. The number of methoxy groups -OCH3 is 1. The fraction of sp³-hybridized carbons (Fsp3) is 0.333. The van der Waals surface area contributed by atoms with Crippen LogP contribution in [0.4, 0.5) is 5.69 Å². The summed E-state index contributed by atoms with van der Waals surface area (Å²) < 4.78 is 26.6. The standard InChI is InChI=1S/C27H24ClNO12/c1-37-13-40-27(34)22(31)9-14-10-23(39-6-5-38-16-7-15(8-16)26(32)33)18(11-20(14)29(35)36)24-12-21(30)17-3-2-4-19(28)25(17)41-24/h2-4,10-12,15-16H,5-9,13H2,1H3,(H,32,33). The van der Waals surface area contributed by atoms with Crippen molar-refractivity contribution in [2.75, 3.05) is 27.1 Å². The lowest BCUT2D eigenvalue weighted by Gasteiger charge is -2.32. The van der Waals surface area contributed by atoms with Crippen molar-refractivity contribution in [3.63, 3.8) is 0 Å². The van der Waals surface area contributed by atoms with Gasteiger partial charge in [-0.25, -0.2) is 4.79 Å². The molecule has 0 spiro atoms. The van der Waals surface area contributed by atoms with Gasteiger partial charge >= 0.3 is 11.9 Å². The number of hydrogen-bond acceptors (Lipinski definition) is 11. The number of nitrogens with zero attached hydrogens (tertiary/aromatic N) is 1. The maximum atomic E-state index is 12.8. The number of carboxylic acids is 1. The minimum Gasteiger partial charge on any atom is -0.490 e. The van der Waals surface area contributed by atoms with Crippen LogP contribution in [0.1, 0.15) is 18.4 Å². The fourth-order valence-electron chi connectivity index (χ4n) is 4.22. The molecule has 1 aliphatic carbocycles. The van der Waals surface area contributed by atoms with Gasteiger partial charge in [-0.1, -0.05) is 17.7 Å². The topological polar surface area (TPSA) is 182 Å². The summed E-state index contributed by atoms with van der Waals surface area (Å²) >= 11 is 6.22. The molecule has 0 saturated heterocycles. The second-order valence-electron chi connectivity index (χ2n) is 9.11. The van der Waals surface area contributed by atoms with Crippen LogP contribution in [0.25, 0.3) is 22.3 Å². The minimum absolute atomic E-state index is 0.00108. The Hall–Kier alpha value is -4.33. The summed E-state index contributed by atoms with van der Waals surface area (Å²) in [5.41, 5.74) is -1.07. The van der Waals surface area contributed by atoms with Crippen molar-refractivity contribution >= 4 is 46.0 Å².